The topological polar surface area (TPSA) is 64.0 Å². The number of benzene rings is 1. The van der Waals surface area contributed by atoms with E-state index >= 15 is 0 Å². The van der Waals surface area contributed by atoms with E-state index in [1.165, 1.54) is 40.2 Å². The van der Waals surface area contributed by atoms with Crippen LogP contribution in [0.4, 0.5) is 4.39 Å². The highest BCUT2D eigenvalue weighted by Crippen LogP contribution is 2.27. The van der Waals surface area contributed by atoms with Crippen LogP contribution < -0.4 is 10.9 Å². The zero-order valence-corrected chi connectivity index (χ0v) is 15.6. The van der Waals surface area contributed by atoms with E-state index in [4.69, 9.17) is 0 Å². The number of allylic oxidation sites excluding steroid dienone is 1. The molecule has 0 spiro atoms. The minimum absolute atomic E-state index is 0.126. The second-order valence-electron chi connectivity index (χ2n) is 5.41. The van der Waals surface area contributed by atoms with Crippen molar-refractivity contribution in [2.75, 3.05) is 12.8 Å². The summed E-state index contributed by atoms with van der Waals surface area (Å²) in [6.45, 7) is 3.72. The maximum Gasteiger partial charge on any atom is 0.267 e. The van der Waals surface area contributed by atoms with Gasteiger partial charge in [-0.15, -0.1) is 17.9 Å². The summed E-state index contributed by atoms with van der Waals surface area (Å²) in [4.78, 5) is 30.0. The lowest BCUT2D eigenvalue weighted by Crippen LogP contribution is -2.24. The molecule has 0 fully saturated rings. The number of rotatable bonds is 6. The maximum atomic E-state index is 13.3. The van der Waals surface area contributed by atoms with Crippen LogP contribution in [0.2, 0.25) is 0 Å². The molecule has 1 N–H and O–H groups in total. The normalized spacial score (nSPS) is 10.8. The molecule has 0 aliphatic carbocycles. The average Bonchev–Trinajstić information content (AvgIpc) is 3.04. The molecule has 1 amide bonds. The van der Waals surface area contributed by atoms with E-state index in [0.717, 1.165) is 17.3 Å². The van der Waals surface area contributed by atoms with Crippen LogP contribution in [-0.4, -0.2) is 28.3 Å². The van der Waals surface area contributed by atoms with Crippen molar-refractivity contribution in [2.45, 2.75) is 11.6 Å². The second kappa shape index (κ2) is 7.84. The predicted octanol–water partition coefficient (Wildman–Crippen LogP) is 3.15. The molecule has 134 valence electrons. The van der Waals surface area contributed by atoms with Crippen molar-refractivity contribution in [1.82, 2.24) is 14.9 Å². The monoisotopic (exact) mass is 389 g/mol. The average molecular weight is 389 g/mol. The van der Waals surface area contributed by atoms with E-state index in [-0.39, 0.29) is 17.2 Å². The molecule has 0 saturated heterocycles. The van der Waals surface area contributed by atoms with Crippen molar-refractivity contribution in [3.8, 4) is 5.69 Å². The van der Waals surface area contributed by atoms with Gasteiger partial charge in [-0.3, -0.25) is 14.2 Å². The lowest BCUT2D eigenvalue weighted by molar-refractivity contribution is -0.118. The number of nitrogens with one attached hydrogen (secondary N) is 1. The number of fused-ring (bicyclic) bond motifs is 1. The van der Waals surface area contributed by atoms with E-state index in [0.29, 0.717) is 27.5 Å². The molecule has 8 heteroatoms. The van der Waals surface area contributed by atoms with E-state index in [2.05, 4.69) is 16.9 Å². The number of thioether (sulfide) groups is 1. The van der Waals surface area contributed by atoms with Crippen LogP contribution in [0.1, 0.15) is 5.56 Å². The summed E-state index contributed by atoms with van der Waals surface area (Å²) in [6.07, 6.45) is 2.29. The molecule has 0 bridgehead atoms. The van der Waals surface area contributed by atoms with Crippen LogP contribution in [0.5, 0.6) is 0 Å². The van der Waals surface area contributed by atoms with Gasteiger partial charge in [0.1, 0.15) is 10.6 Å². The third kappa shape index (κ3) is 3.56. The molecule has 26 heavy (non-hydrogen) atoms. The van der Waals surface area contributed by atoms with Gasteiger partial charge in [-0.25, -0.2) is 9.37 Å². The molecule has 0 saturated carbocycles. The van der Waals surface area contributed by atoms with Crippen molar-refractivity contribution in [3.05, 3.63) is 64.0 Å². The maximum absolute atomic E-state index is 13.3. The van der Waals surface area contributed by atoms with Crippen LogP contribution in [-0.2, 0) is 11.2 Å². The Balaban J connectivity index is 2.21. The number of aromatic nitrogens is 2. The number of amides is 1. The van der Waals surface area contributed by atoms with E-state index in [9.17, 15) is 14.0 Å². The van der Waals surface area contributed by atoms with Gasteiger partial charge in [0.2, 0.25) is 5.91 Å². The largest absolute Gasteiger partial charge is 0.358 e. The van der Waals surface area contributed by atoms with Gasteiger partial charge in [0.25, 0.3) is 5.56 Å². The Bertz CT molecular complexity index is 1030. The lowest BCUT2D eigenvalue weighted by atomic mass is 10.2. The minimum Gasteiger partial charge on any atom is -0.358 e. The fourth-order valence-electron chi connectivity index (χ4n) is 2.45. The molecule has 3 aromatic rings. The molecule has 2 aromatic heterocycles. The molecule has 3 rings (SSSR count). The Morgan fingerprint density at radius 2 is 2.15 bits per heavy atom. The van der Waals surface area contributed by atoms with Crippen LogP contribution in [0.3, 0.4) is 0 Å². The van der Waals surface area contributed by atoms with Gasteiger partial charge >= 0.3 is 0 Å². The SMILES string of the molecule is C=CCc1csc2nc(SCC(=O)NC)n(-c3ccc(F)cc3)c(=O)c12. The summed E-state index contributed by atoms with van der Waals surface area (Å²) in [5, 5.41) is 5.36. The first kappa shape index (κ1) is 18.3. The Labute approximate surface area is 157 Å². The highest BCUT2D eigenvalue weighted by Gasteiger charge is 2.18. The molecular formula is C18H16FN3O2S2. The van der Waals surface area contributed by atoms with E-state index in [1.807, 2.05) is 5.38 Å². The summed E-state index contributed by atoms with van der Waals surface area (Å²) < 4.78 is 14.7. The molecular weight excluding hydrogens is 373 g/mol. The zero-order chi connectivity index (χ0) is 18.7. The van der Waals surface area contributed by atoms with Crippen LogP contribution in [0.15, 0.2) is 52.3 Å². The zero-order valence-electron chi connectivity index (χ0n) is 14.0. The van der Waals surface area contributed by atoms with Gasteiger partial charge < -0.3 is 5.32 Å². The standard InChI is InChI=1S/C18H16FN3O2S2/c1-3-4-11-9-25-16-15(11)17(24)22(13-7-5-12(19)6-8-13)18(21-16)26-10-14(23)20-2/h3,5-9H,1,4,10H2,2H3,(H,20,23). The highest BCUT2D eigenvalue weighted by molar-refractivity contribution is 7.99. The number of carbonyl (C=O) groups excluding carboxylic acids is 1. The number of carbonyl (C=O) groups is 1. The van der Waals surface area contributed by atoms with Gasteiger partial charge in [-0.1, -0.05) is 17.8 Å². The van der Waals surface area contributed by atoms with Crippen LogP contribution in [0, 0.1) is 5.82 Å². The third-order valence-electron chi connectivity index (χ3n) is 3.71. The lowest BCUT2D eigenvalue weighted by Gasteiger charge is -2.12. The molecule has 0 aliphatic heterocycles. The van der Waals surface area contributed by atoms with Gasteiger partial charge in [-0.2, -0.15) is 0 Å². The summed E-state index contributed by atoms with van der Waals surface area (Å²) in [7, 11) is 1.55. The predicted molar refractivity (Wildman–Crippen MR) is 104 cm³/mol. The summed E-state index contributed by atoms with van der Waals surface area (Å²) in [6, 6.07) is 5.62. The first-order valence-corrected chi connectivity index (χ1v) is 9.65. The molecule has 0 atom stereocenters. The van der Waals surface area contributed by atoms with Crippen molar-refractivity contribution >= 4 is 39.2 Å². The van der Waals surface area contributed by atoms with Crippen molar-refractivity contribution in [3.63, 3.8) is 0 Å². The number of hydrogen-bond donors (Lipinski definition) is 1. The Morgan fingerprint density at radius 1 is 1.42 bits per heavy atom. The van der Waals surface area contributed by atoms with Crippen molar-refractivity contribution in [2.24, 2.45) is 0 Å². The van der Waals surface area contributed by atoms with Crippen LogP contribution in [0.25, 0.3) is 15.9 Å². The number of nitrogens with zero attached hydrogens (tertiary/aromatic N) is 2. The second-order valence-corrected chi connectivity index (χ2v) is 7.21. The smallest absolute Gasteiger partial charge is 0.267 e. The fraction of sp³-hybridized carbons (Fsp3) is 0.167. The first-order valence-electron chi connectivity index (χ1n) is 7.78. The minimum atomic E-state index is -0.390. The summed E-state index contributed by atoms with van der Waals surface area (Å²) in [5.74, 6) is -0.438. The third-order valence-corrected chi connectivity index (χ3v) is 5.57. The van der Waals surface area contributed by atoms with Crippen molar-refractivity contribution in [1.29, 1.82) is 0 Å². The van der Waals surface area contributed by atoms with Gasteiger partial charge in [0, 0.05) is 7.05 Å². The number of hydrogen-bond acceptors (Lipinski definition) is 5. The Kier molecular flexibility index (Phi) is 5.53. The number of halogens is 1. The highest BCUT2D eigenvalue weighted by atomic mass is 32.2. The molecule has 0 aliphatic rings. The Hall–Kier alpha value is -2.45. The first-order chi connectivity index (χ1) is 12.5. The van der Waals surface area contributed by atoms with Gasteiger partial charge in [0.15, 0.2) is 5.16 Å². The summed E-state index contributed by atoms with van der Waals surface area (Å²) >= 11 is 2.55. The van der Waals surface area contributed by atoms with Gasteiger partial charge in [0.05, 0.1) is 16.8 Å². The van der Waals surface area contributed by atoms with E-state index < -0.39 is 5.82 Å². The van der Waals surface area contributed by atoms with Crippen LogP contribution >= 0.6 is 23.1 Å². The quantitative estimate of drug-likeness (QED) is 0.400. The summed E-state index contributed by atoms with van der Waals surface area (Å²) in [5.41, 5.74) is 1.12. The van der Waals surface area contributed by atoms with Gasteiger partial charge in [-0.05, 0) is 41.6 Å². The van der Waals surface area contributed by atoms with Crippen molar-refractivity contribution < 1.29 is 9.18 Å². The molecule has 0 radical (unpaired) electrons. The molecule has 5 nitrogen and oxygen atoms in total. The Morgan fingerprint density at radius 3 is 2.81 bits per heavy atom. The number of thiophene rings is 1. The molecule has 2 heterocycles. The molecule has 0 unspecified atom stereocenters. The molecule has 1 aromatic carbocycles. The van der Waals surface area contributed by atoms with E-state index in [1.54, 1.807) is 13.1 Å². The fourth-order valence-corrected chi connectivity index (χ4v) is 4.33.